The number of aliphatic hydroxyl groups is 1. The summed E-state index contributed by atoms with van der Waals surface area (Å²) in [6, 6.07) is 4.93. The van der Waals surface area contributed by atoms with Gasteiger partial charge in [0.15, 0.2) is 0 Å². The molecule has 4 nitrogen and oxygen atoms in total. The Bertz CT molecular complexity index is 381. The molecule has 0 saturated carbocycles. The molecule has 0 radical (unpaired) electrons. The summed E-state index contributed by atoms with van der Waals surface area (Å²) in [7, 11) is 0. The van der Waals surface area contributed by atoms with E-state index in [0.29, 0.717) is 12.1 Å². The van der Waals surface area contributed by atoms with E-state index >= 15 is 0 Å². The van der Waals surface area contributed by atoms with Gasteiger partial charge in [-0.15, -0.1) is 11.6 Å². The van der Waals surface area contributed by atoms with Gasteiger partial charge in [0, 0.05) is 12.2 Å². The molecule has 1 unspecified atom stereocenters. The molecule has 1 aromatic carbocycles. The maximum absolute atomic E-state index is 10.8. The Labute approximate surface area is 98.9 Å². The Morgan fingerprint density at radius 3 is 2.75 bits per heavy atom. The lowest BCUT2D eigenvalue weighted by Gasteiger charge is -2.11. The number of carboxylic acid groups (broad SMARTS) is 1. The Hall–Kier alpha value is -1.26. The Kier molecular flexibility index (Phi) is 4.58. The third kappa shape index (κ3) is 3.40. The number of alkyl halides is 1. The summed E-state index contributed by atoms with van der Waals surface area (Å²) in [6.07, 6.45) is -0.610. The maximum atomic E-state index is 10.8. The number of halogens is 1. The number of hydrogen-bond acceptors (Lipinski definition) is 3. The quantitative estimate of drug-likeness (QED) is 0.689. The van der Waals surface area contributed by atoms with Crippen molar-refractivity contribution < 1.29 is 15.0 Å². The van der Waals surface area contributed by atoms with Crippen molar-refractivity contribution in [3.63, 3.8) is 0 Å². The number of rotatable bonds is 5. The largest absolute Gasteiger partial charge is 0.478 e. The van der Waals surface area contributed by atoms with Crippen molar-refractivity contribution in [3.05, 3.63) is 29.3 Å². The summed E-state index contributed by atoms with van der Waals surface area (Å²) in [4.78, 5) is 10.8. The fourth-order valence-corrected chi connectivity index (χ4v) is 1.41. The maximum Gasteiger partial charge on any atom is 0.335 e. The van der Waals surface area contributed by atoms with Crippen LogP contribution in [-0.4, -0.2) is 34.7 Å². The molecule has 1 aromatic rings. The fraction of sp³-hybridized carbons (Fsp3) is 0.364. The third-order valence-electron chi connectivity index (χ3n) is 2.18. The lowest BCUT2D eigenvalue weighted by Crippen LogP contribution is -2.20. The van der Waals surface area contributed by atoms with Crippen LogP contribution in [0, 0.1) is 6.92 Å². The summed E-state index contributed by atoms with van der Waals surface area (Å²) in [5.74, 6) is -0.774. The molecule has 88 valence electrons. The van der Waals surface area contributed by atoms with Crippen LogP contribution in [0.4, 0.5) is 5.69 Å². The zero-order valence-corrected chi connectivity index (χ0v) is 9.66. The van der Waals surface area contributed by atoms with Gasteiger partial charge < -0.3 is 15.5 Å². The molecule has 0 aliphatic rings. The summed E-state index contributed by atoms with van der Waals surface area (Å²) in [5, 5.41) is 21.1. The second kappa shape index (κ2) is 5.72. The Morgan fingerprint density at radius 1 is 1.56 bits per heavy atom. The van der Waals surface area contributed by atoms with Gasteiger partial charge in [0.1, 0.15) is 0 Å². The Morgan fingerprint density at radius 2 is 2.25 bits per heavy atom. The van der Waals surface area contributed by atoms with Gasteiger partial charge in [0.25, 0.3) is 0 Å². The van der Waals surface area contributed by atoms with E-state index in [1.54, 1.807) is 19.1 Å². The normalized spacial score (nSPS) is 12.2. The van der Waals surface area contributed by atoms with Crippen LogP contribution in [0.15, 0.2) is 18.2 Å². The molecule has 0 aliphatic heterocycles. The fourth-order valence-electron chi connectivity index (χ4n) is 1.30. The van der Waals surface area contributed by atoms with E-state index in [4.69, 9.17) is 16.7 Å². The van der Waals surface area contributed by atoms with Crippen molar-refractivity contribution >= 4 is 23.3 Å². The minimum Gasteiger partial charge on any atom is -0.478 e. The van der Waals surface area contributed by atoms with E-state index in [9.17, 15) is 9.90 Å². The van der Waals surface area contributed by atoms with Crippen molar-refractivity contribution in [1.82, 2.24) is 0 Å². The first kappa shape index (κ1) is 12.8. The topological polar surface area (TPSA) is 69.6 Å². The van der Waals surface area contributed by atoms with Crippen molar-refractivity contribution in [2.75, 3.05) is 17.7 Å². The smallest absolute Gasteiger partial charge is 0.335 e. The minimum absolute atomic E-state index is 0.166. The SMILES string of the molecule is Cc1cc(NCC(O)CCl)ccc1C(=O)O. The Balaban J connectivity index is 2.70. The highest BCUT2D eigenvalue weighted by atomic mass is 35.5. The number of anilines is 1. The first-order valence-electron chi connectivity index (χ1n) is 4.86. The number of carbonyl (C=O) groups is 1. The number of hydrogen-bond donors (Lipinski definition) is 3. The number of aliphatic hydroxyl groups excluding tert-OH is 1. The van der Waals surface area contributed by atoms with Crippen LogP contribution >= 0.6 is 11.6 Å². The molecule has 16 heavy (non-hydrogen) atoms. The van der Waals surface area contributed by atoms with Gasteiger partial charge in [-0.3, -0.25) is 0 Å². The van der Waals surface area contributed by atoms with Crippen molar-refractivity contribution in [1.29, 1.82) is 0 Å². The molecule has 1 atom stereocenters. The minimum atomic E-state index is -0.940. The molecule has 5 heteroatoms. The summed E-state index contributed by atoms with van der Waals surface area (Å²) < 4.78 is 0. The van der Waals surface area contributed by atoms with Crippen molar-refractivity contribution in [2.24, 2.45) is 0 Å². The van der Waals surface area contributed by atoms with Gasteiger partial charge in [-0.05, 0) is 30.7 Å². The second-order valence-corrected chi connectivity index (χ2v) is 3.83. The first-order chi connectivity index (χ1) is 7.54. The average molecular weight is 244 g/mol. The van der Waals surface area contributed by atoms with E-state index in [1.165, 1.54) is 6.07 Å². The molecule has 0 saturated heterocycles. The molecule has 3 N–H and O–H groups in total. The van der Waals surface area contributed by atoms with E-state index in [1.807, 2.05) is 0 Å². The molecule has 0 aliphatic carbocycles. The van der Waals surface area contributed by atoms with Crippen LogP contribution in [-0.2, 0) is 0 Å². The molecule has 1 rings (SSSR count). The van der Waals surface area contributed by atoms with Crippen LogP contribution in [0.1, 0.15) is 15.9 Å². The molecule has 0 aromatic heterocycles. The van der Waals surface area contributed by atoms with Crippen molar-refractivity contribution in [3.8, 4) is 0 Å². The number of aryl methyl sites for hydroxylation is 1. The van der Waals surface area contributed by atoms with Gasteiger partial charge in [0.05, 0.1) is 17.5 Å². The van der Waals surface area contributed by atoms with E-state index in [-0.39, 0.29) is 11.4 Å². The number of aromatic carboxylic acids is 1. The lowest BCUT2D eigenvalue weighted by molar-refractivity contribution is 0.0696. The second-order valence-electron chi connectivity index (χ2n) is 3.52. The van der Waals surface area contributed by atoms with Crippen LogP contribution in [0.25, 0.3) is 0 Å². The predicted octanol–water partition coefficient (Wildman–Crippen LogP) is 1.70. The van der Waals surface area contributed by atoms with Gasteiger partial charge in [-0.2, -0.15) is 0 Å². The summed E-state index contributed by atoms with van der Waals surface area (Å²) >= 11 is 5.45. The number of carboxylic acids is 1. The molecule has 0 bridgehead atoms. The molecule has 0 spiro atoms. The standard InChI is InChI=1S/C11H14ClNO3/c1-7-4-8(13-6-9(14)5-12)2-3-10(7)11(15)16/h2-4,9,13-14H,5-6H2,1H3,(H,15,16). The highest BCUT2D eigenvalue weighted by molar-refractivity contribution is 6.18. The average Bonchev–Trinajstić information content (AvgIpc) is 2.25. The van der Waals surface area contributed by atoms with Gasteiger partial charge in [-0.1, -0.05) is 0 Å². The van der Waals surface area contributed by atoms with Crippen LogP contribution in [0.2, 0.25) is 0 Å². The van der Waals surface area contributed by atoms with Crippen LogP contribution in [0.5, 0.6) is 0 Å². The number of nitrogens with one attached hydrogen (secondary N) is 1. The lowest BCUT2D eigenvalue weighted by atomic mass is 10.1. The summed E-state index contributed by atoms with van der Waals surface area (Å²) in [5.41, 5.74) is 1.73. The van der Waals surface area contributed by atoms with Crippen LogP contribution < -0.4 is 5.32 Å². The monoisotopic (exact) mass is 243 g/mol. The first-order valence-corrected chi connectivity index (χ1v) is 5.40. The van der Waals surface area contributed by atoms with Gasteiger partial charge >= 0.3 is 5.97 Å². The molecule has 0 amide bonds. The zero-order valence-electron chi connectivity index (χ0n) is 8.90. The highest BCUT2D eigenvalue weighted by Crippen LogP contribution is 2.15. The van der Waals surface area contributed by atoms with E-state index in [2.05, 4.69) is 5.32 Å². The van der Waals surface area contributed by atoms with E-state index < -0.39 is 12.1 Å². The van der Waals surface area contributed by atoms with Gasteiger partial charge in [0.2, 0.25) is 0 Å². The third-order valence-corrected chi connectivity index (χ3v) is 2.53. The van der Waals surface area contributed by atoms with Gasteiger partial charge in [-0.25, -0.2) is 4.79 Å². The van der Waals surface area contributed by atoms with Crippen LogP contribution in [0.3, 0.4) is 0 Å². The summed E-state index contributed by atoms with van der Waals surface area (Å²) in [6.45, 7) is 2.07. The predicted molar refractivity (Wildman–Crippen MR) is 63.4 cm³/mol. The van der Waals surface area contributed by atoms with E-state index in [0.717, 1.165) is 5.69 Å². The van der Waals surface area contributed by atoms with Crippen molar-refractivity contribution in [2.45, 2.75) is 13.0 Å². The molecular formula is C11H14ClNO3. The molecule has 0 heterocycles. The molecular weight excluding hydrogens is 230 g/mol. The number of benzene rings is 1. The molecule has 0 fully saturated rings. The highest BCUT2D eigenvalue weighted by Gasteiger charge is 2.07. The zero-order chi connectivity index (χ0) is 12.1.